The van der Waals surface area contributed by atoms with Crippen LogP contribution in [0.4, 0.5) is 0 Å². The summed E-state index contributed by atoms with van der Waals surface area (Å²) < 4.78 is 37.2. The first-order valence-electron chi connectivity index (χ1n) is 23.9. The molecule has 0 fully saturated rings. The van der Waals surface area contributed by atoms with Gasteiger partial charge in [-0.15, -0.1) is 22.1 Å². The minimum Gasteiger partial charge on any atom is -0.744 e. The minimum atomic E-state index is -4.27. The van der Waals surface area contributed by atoms with Crippen molar-refractivity contribution in [1.82, 2.24) is 19.9 Å². The molecule has 6 aromatic heterocycles. The van der Waals surface area contributed by atoms with Gasteiger partial charge in [0.15, 0.2) is 18.6 Å². The van der Waals surface area contributed by atoms with Crippen molar-refractivity contribution in [3.8, 4) is 35.5 Å². The predicted molar refractivity (Wildman–Crippen MR) is 278 cm³/mol. The van der Waals surface area contributed by atoms with Crippen LogP contribution in [0.2, 0.25) is 0 Å². The van der Waals surface area contributed by atoms with Crippen LogP contribution in [0.3, 0.4) is 0 Å². The Balaban J connectivity index is 0.000000562. The van der Waals surface area contributed by atoms with Crippen LogP contribution in [0, 0.1) is 42.4 Å². The van der Waals surface area contributed by atoms with Gasteiger partial charge in [0.05, 0.1) is 27.7 Å². The summed E-state index contributed by atoms with van der Waals surface area (Å²) in [4.78, 5) is 20.9. The molecule has 2 aliphatic rings. The molecule has 354 valence electrons. The Hall–Kier alpha value is -7.52. The van der Waals surface area contributed by atoms with Crippen LogP contribution in [0.25, 0.3) is 46.4 Å². The molecule has 7 aromatic rings. The van der Waals surface area contributed by atoms with Crippen LogP contribution in [0.1, 0.15) is 120 Å². The Labute approximate surface area is 436 Å². The Kier molecular flexibility index (Phi) is 17.8. The number of hydrogen-bond donors (Lipinski definition) is 0. The predicted octanol–water partition coefficient (Wildman–Crippen LogP) is 8.78. The SMILES string of the molecule is CCCCCCCCCc1c2nc(c(C#Cc3cccc[n+]3C)c3ccc([n-]3)c(C#Cc3cccc[n+]3C)c3nc(c(C#Cc4cccc[n+]4C)c4ccc1[n-]4)C=C3)C=C2.Cc1ccc(S(=O)(=O)[O-])cc1.[Zn+2]. The van der Waals surface area contributed by atoms with E-state index in [2.05, 4.69) is 66.7 Å². The average Bonchev–Trinajstić information content (AvgIpc) is 4.22. The van der Waals surface area contributed by atoms with Gasteiger partial charge in [-0.05, 0) is 80.0 Å². The topological polar surface area (TPSA) is 123 Å². The maximum atomic E-state index is 10.4. The first-order chi connectivity index (χ1) is 34.4. The van der Waals surface area contributed by atoms with Crippen molar-refractivity contribution in [2.24, 2.45) is 21.1 Å². The quantitative estimate of drug-likeness (QED) is 0.0466. The summed E-state index contributed by atoms with van der Waals surface area (Å²) in [6.45, 7) is 4.08. The van der Waals surface area contributed by atoms with E-state index in [1.807, 2.05) is 139 Å². The Morgan fingerprint density at radius 3 is 1.32 bits per heavy atom. The molecule has 0 amide bonds. The van der Waals surface area contributed by atoms with Crippen LogP contribution in [0.5, 0.6) is 0 Å². The fourth-order valence-corrected chi connectivity index (χ4v) is 8.56. The monoisotopic (exact) mass is 1020 g/mol. The summed E-state index contributed by atoms with van der Waals surface area (Å²) in [5.74, 6) is 20.7. The largest absolute Gasteiger partial charge is 2.00 e. The summed E-state index contributed by atoms with van der Waals surface area (Å²) in [7, 11) is 1.72. The molecular formula is C60H55N7O3SZn+2. The van der Waals surface area contributed by atoms with E-state index in [-0.39, 0.29) is 24.4 Å². The number of fused-ring (bicyclic) bond motifs is 8. The van der Waals surface area contributed by atoms with E-state index in [1.54, 1.807) is 12.1 Å². The second-order valence-electron chi connectivity index (χ2n) is 17.4. The van der Waals surface area contributed by atoms with Crippen molar-refractivity contribution in [2.45, 2.75) is 70.1 Å². The third kappa shape index (κ3) is 13.3. The van der Waals surface area contributed by atoms with Gasteiger partial charge < -0.3 is 14.5 Å². The second-order valence-corrected chi connectivity index (χ2v) is 18.8. The molecule has 0 aliphatic carbocycles. The maximum Gasteiger partial charge on any atom is 2.00 e. The van der Waals surface area contributed by atoms with Crippen molar-refractivity contribution in [3.63, 3.8) is 0 Å². The van der Waals surface area contributed by atoms with Crippen LogP contribution in [-0.2, 0) is 57.2 Å². The van der Waals surface area contributed by atoms with E-state index in [0.717, 1.165) is 92.2 Å². The van der Waals surface area contributed by atoms with E-state index < -0.39 is 10.1 Å². The number of nitrogens with zero attached hydrogens (tertiary/aromatic N) is 7. The number of aryl methyl sites for hydroxylation is 5. The zero-order valence-corrected chi connectivity index (χ0v) is 45.3. The summed E-state index contributed by atoms with van der Waals surface area (Å²) >= 11 is 0. The summed E-state index contributed by atoms with van der Waals surface area (Å²) in [5.41, 5.74) is 13.0. The maximum absolute atomic E-state index is 10.4. The van der Waals surface area contributed by atoms with Gasteiger partial charge in [0, 0.05) is 70.8 Å². The molecule has 72 heavy (non-hydrogen) atoms. The number of unbranched alkanes of at least 4 members (excludes halogenated alkanes) is 6. The average molecular weight is 1020 g/mol. The number of aromatic nitrogens is 7. The first-order valence-corrected chi connectivity index (χ1v) is 25.3. The van der Waals surface area contributed by atoms with E-state index in [1.165, 1.54) is 44.2 Å². The van der Waals surface area contributed by atoms with Gasteiger partial charge in [-0.1, -0.05) is 105 Å². The molecule has 8 heterocycles. The molecular weight excluding hydrogens is 964 g/mol. The molecule has 12 heteroatoms. The van der Waals surface area contributed by atoms with Gasteiger partial charge in [-0.2, -0.15) is 13.7 Å². The van der Waals surface area contributed by atoms with E-state index in [4.69, 9.17) is 19.9 Å². The molecule has 0 radical (unpaired) electrons. The second kappa shape index (κ2) is 24.5. The Bertz CT molecular complexity index is 3610. The smallest absolute Gasteiger partial charge is 0.744 e. The molecule has 8 bridgehead atoms. The number of pyridine rings is 3. The summed E-state index contributed by atoms with van der Waals surface area (Å²) in [5, 5.41) is 0. The molecule has 0 atom stereocenters. The number of hydrogen-bond acceptors (Lipinski definition) is 5. The van der Waals surface area contributed by atoms with Crippen molar-refractivity contribution in [3.05, 3.63) is 189 Å². The minimum absolute atomic E-state index is 0. The normalized spacial score (nSPS) is 11.2. The summed E-state index contributed by atoms with van der Waals surface area (Å²) in [6, 6.07) is 32.0. The van der Waals surface area contributed by atoms with Crippen LogP contribution in [-0.4, -0.2) is 22.9 Å². The molecule has 0 saturated carbocycles. The van der Waals surface area contributed by atoms with E-state index in [9.17, 15) is 13.0 Å². The van der Waals surface area contributed by atoms with E-state index >= 15 is 0 Å². The van der Waals surface area contributed by atoms with Gasteiger partial charge in [-0.25, -0.2) is 18.4 Å². The number of rotatable bonds is 9. The standard InChI is InChI=1S/C53H48N7.C7H8O3S.Zn/c1-5-6-7-8-9-10-11-21-42-46-28-30-48(54-46)43(25-22-39-18-12-15-36-58(39)2)50-32-34-52(56-50)45(27-24-41-20-14-17-38-60(41)4)53-35-33-51(57-53)44(49-31-29-47(42)55-49)26-23-40-19-13-16-37-59(40)3;1-6-2-4-7(5-3-6)11(8,9)10;/h12-20,28-38H,5-11,21H2,1-4H3;2-5H,1H3,(H,8,9,10);/q+1;;+2/p-1. The molecule has 10 nitrogen and oxygen atoms in total. The Morgan fingerprint density at radius 2 is 0.889 bits per heavy atom. The van der Waals surface area contributed by atoms with Crippen LogP contribution in [0.15, 0.2) is 127 Å². The molecule has 0 N–H and O–H groups in total. The summed E-state index contributed by atoms with van der Waals surface area (Å²) in [6.07, 6.45) is 23.6. The van der Waals surface area contributed by atoms with Crippen molar-refractivity contribution < 1.29 is 46.1 Å². The van der Waals surface area contributed by atoms with Crippen LogP contribution >= 0.6 is 0 Å². The molecule has 2 aliphatic heterocycles. The van der Waals surface area contributed by atoms with Crippen molar-refractivity contribution >= 4 is 56.5 Å². The number of benzene rings is 1. The zero-order valence-electron chi connectivity index (χ0n) is 41.5. The third-order valence-corrected chi connectivity index (χ3v) is 13.0. The zero-order chi connectivity index (χ0) is 49.7. The molecule has 9 rings (SSSR count). The Morgan fingerprint density at radius 1 is 0.500 bits per heavy atom. The van der Waals surface area contributed by atoms with Gasteiger partial charge in [0.25, 0.3) is 17.1 Å². The first kappa shape index (κ1) is 52.3. The van der Waals surface area contributed by atoms with Gasteiger partial charge in [0.2, 0.25) is 0 Å². The van der Waals surface area contributed by atoms with Gasteiger partial charge >= 0.3 is 19.5 Å². The van der Waals surface area contributed by atoms with Crippen LogP contribution < -0.4 is 23.7 Å². The van der Waals surface area contributed by atoms with Gasteiger partial charge in [0.1, 0.15) is 31.3 Å². The van der Waals surface area contributed by atoms with Crippen molar-refractivity contribution in [2.75, 3.05) is 0 Å². The molecule has 1 aromatic carbocycles. The van der Waals surface area contributed by atoms with Crippen molar-refractivity contribution in [1.29, 1.82) is 0 Å². The third-order valence-electron chi connectivity index (χ3n) is 12.2. The fourth-order valence-electron chi connectivity index (χ4n) is 8.09. The molecule has 0 unspecified atom stereocenters. The molecule has 0 saturated heterocycles. The molecule has 0 spiro atoms. The van der Waals surface area contributed by atoms with Gasteiger partial charge in [-0.3, -0.25) is 0 Å². The fraction of sp³-hybridized carbons (Fsp3) is 0.217. The van der Waals surface area contributed by atoms with E-state index in [0.29, 0.717) is 16.8 Å².